The zero-order valence-corrected chi connectivity index (χ0v) is 14.0. The topological polar surface area (TPSA) is 49.4 Å². The van der Waals surface area contributed by atoms with Gasteiger partial charge in [0.25, 0.3) is 0 Å². The molecule has 1 aliphatic carbocycles. The van der Waals surface area contributed by atoms with Crippen LogP contribution in [0.25, 0.3) is 0 Å². The average molecular weight is 302 g/mol. The van der Waals surface area contributed by atoms with Gasteiger partial charge in [-0.2, -0.15) is 0 Å². The molecule has 1 N–H and O–H groups in total. The summed E-state index contributed by atoms with van der Waals surface area (Å²) in [6.45, 7) is 7.99. The lowest BCUT2D eigenvalue weighted by molar-refractivity contribution is 0.218. The van der Waals surface area contributed by atoms with Gasteiger partial charge >= 0.3 is 0 Å². The molecule has 0 aromatic heterocycles. The second kappa shape index (κ2) is 6.32. The summed E-state index contributed by atoms with van der Waals surface area (Å²) in [6, 6.07) is 1.09. The molecule has 0 radical (unpaired) electrons. The van der Waals surface area contributed by atoms with Crippen LogP contribution in [0.2, 0.25) is 0 Å². The Hall–Kier alpha value is -0.130. The minimum atomic E-state index is -3.00. The van der Waals surface area contributed by atoms with E-state index in [1.165, 1.54) is 19.3 Å². The van der Waals surface area contributed by atoms with E-state index in [1.54, 1.807) is 4.31 Å². The highest BCUT2D eigenvalue weighted by Crippen LogP contribution is 2.37. The smallest absolute Gasteiger partial charge is 0.214 e. The van der Waals surface area contributed by atoms with Crippen molar-refractivity contribution in [2.24, 2.45) is 5.41 Å². The van der Waals surface area contributed by atoms with Crippen molar-refractivity contribution in [3.05, 3.63) is 0 Å². The zero-order chi connectivity index (χ0) is 14.8. The molecule has 0 bridgehead atoms. The molecule has 0 spiro atoms. The van der Waals surface area contributed by atoms with Gasteiger partial charge in [-0.25, -0.2) is 12.7 Å². The van der Waals surface area contributed by atoms with E-state index < -0.39 is 10.0 Å². The van der Waals surface area contributed by atoms with E-state index in [1.807, 2.05) is 6.92 Å². The summed E-state index contributed by atoms with van der Waals surface area (Å²) in [5.74, 6) is 0.292. The number of rotatable bonds is 5. The fourth-order valence-corrected chi connectivity index (χ4v) is 5.15. The zero-order valence-electron chi connectivity index (χ0n) is 13.2. The number of piperidine rings is 1. The van der Waals surface area contributed by atoms with Crippen molar-refractivity contribution in [3.8, 4) is 0 Å². The Morgan fingerprint density at radius 3 is 2.35 bits per heavy atom. The lowest BCUT2D eigenvalue weighted by Crippen LogP contribution is -2.50. The summed E-state index contributed by atoms with van der Waals surface area (Å²) in [6.07, 6.45) is 6.49. The van der Waals surface area contributed by atoms with E-state index in [0.717, 1.165) is 12.8 Å². The standard InChI is InChI=1S/C15H30N2O2S/c1-4-12-20(18,19)17-10-7-13(8-11-17)16-14-6-5-9-15(14,2)3/h13-14,16H,4-12H2,1-3H3. The molecule has 1 saturated carbocycles. The monoisotopic (exact) mass is 302 g/mol. The van der Waals surface area contributed by atoms with Crippen molar-refractivity contribution in [2.75, 3.05) is 18.8 Å². The lowest BCUT2D eigenvalue weighted by atomic mass is 9.86. The predicted octanol–water partition coefficient (Wildman–Crippen LogP) is 2.36. The van der Waals surface area contributed by atoms with Gasteiger partial charge in [0.1, 0.15) is 0 Å². The normalized spacial score (nSPS) is 28.9. The van der Waals surface area contributed by atoms with Crippen LogP contribution in [0.4, 0.5) is 0 Å². The molecule has 2 fully saturated rings. The first-order valence-corrected chi connectivity index (χ1v) is 9.70. The molecule has 1 heterocycles. The summed E-state index contributed by atoms with van der Waals surface area (Å²) in [5, 5.41) is 3.79. The average Bonchev–Trinajstić information content (AvgIpc) is 2.69. The first kappa shape index (κ1) is 16.2. The van der Waals surface area contributed by atoms with E-state index in [0.29, 0.717) is 42.8 Å². The molecule has 1 unspecified atom stereocenters. The Balaban J connectivity index is 1.83. The minimum absolute atomic E-state index is 0.292. The third-order valence-electron chi connectivity index (χ3n) is 5.00. The van der Waals surface area contributed by atoms with Crippen LogP contribution in [0, 0.1) is 5.41 Å². The highest BCUT2D eigenvalue weighted by atomic mass is 32.2. The Labute approximate surface area is 124 Å². The van der Waals surface area contributed by atoms with Gasteiger partial charge in [-0.05, 0) is 37.5 Å². The van der Waals surface area contributed by atoms with Gasteiger partial charge in [0.05, 0.1) is 5.75 Å². The molecular weight excluding hydrogens is 272 g/mol. The highest BCUT2D eigenvalue weighted by Gasteiger charge is 2.36. The summed E-state index contributed by atoms with van der Waals surface area (Å²) < 4.78 is 25.8. The van der Waals surface area contributed by atoms with Crippen molar-refractivity contribution in [3.63, 3.8) is 0 Å². The molecule has 1 aliphatic heterocycles. The predicted molar refractivity (Wildman–Crippen MR) is 83.2 cm³/mol. The van der Waals surface area contributed by atoms with Crippen molar-refractivity contribution < 1.29 is 8.42 Å². The molecular formula is C15H30N2O2S. The molecule has 2 rings (SSSR count). The maximum Gasteiger partial charge on any atom is 0.214 e. The first-order chi connectivity index (χ1) is 9.35. The second-order valence-corrected chi connectivity index (χ2v) is 9.18. The fourth-order valence-electron chi connectivity index (χ4n) is 3.61. The number of hydrogen-bond donors (Lipinski definition) is 1. The van der Waals surface area contributed by atoms with Crippen molar-refractivity contribution in [1.82, 2.24) is 9.62 Å². The Morgan fingerprint density at radius 1 is 1.20 bits per heavy atom. The molecule has 0 amide bonds. The van der Waals surface area contributed by atoms with Crippen LogP contribution in [0.1, 0.15) is 59.3 Å². The molecule has 5 heteroatoms. The summed E-state index contributed by atoms with van der Waals surface area (Å²) in [5.41, 5.74) is 0.394. The van der Waals surface area contributed by atoms with Crippen LogP contribution < -0.4 is 5.32 Å². The van der Waals surface area contributed by atoms with Gasteiger partial charge in [-0.3, -0.25) is 0 Å². The van der Waals surface area contributed by atoms with E-state index in [-0.39, 0.29) is 0 Å². The first-order valence-electron chi connectivity index (χ1n) is 8.09. The third-order valence-corrected chi connectivity index (χ3v) is 7.08. The molecule has 1 saturated heterocycles. The molecule has 118 valence electrons. The van der Waals surface area contributed by atoms with Crippen LogP contribution in [0.5, 0.6) is 0 Å². The van der Waals surface area contributed by atoms with Crippen LogP contribution in [-0.4, -0.2) is 43.6 Å². The summed E-state index contributed by atoms with van der Waals surface area (Å²) in [7, 11) is -3.00. The number of sulfonamides is 1. The van der Waals surface area contributed by atoms with Crippen LogP contribution in [0.3, 0.4) is 0 Å². The SMILES string of the molecule is CCCS(=O)(=O)N1CCC(NC2CCCC2(C)C)CC1. The van der Waals surface area contributed by atoms with Crippen molar-refractivity contribution in [1.29, 1.82) is 0 Å². The third kappa shape index (κ3) is 3.74. The van der Waals surface area contributed by atoms with Gasteiger partial charge in [0.15, 0.2) is 0 Å². The molecule has 20 heavy (non-hydrogen) atoms. The molecule has 0 aromatic rings. The van der Waals surface area contributed by atoms with E-state index >= 15 is 0 Å². The summed E-state index contributed by atoms with van der Waals surface area (Å²) in [4.78, 5) is 0. The quantitative estimate of drug-likeness (QED) is 0.848. The summed E-state index contributed by atoms with van der Waals surface area (Å²) >= 11 is 0. The van der Waals surface area contributed by atoms with Gasteiger partial charge < -0.3 is 5.32 Å². The van der Waals surface area contributed by atoms with Gasteiger partial charge in [0, 0.05) is 25.2 Å². The van der Waals surface area contributed by atoms with Crippen LogP contribution >= 0.6 is 0 Å². The Kier molecular flexibility index (Phi) is 5.14. The maximum absolute atomic E-state index is 12.0. The van der Waals surface area contributed by atoms with E-state index in [2.05, 4.69) is 19.2 Å². The lowest BCUT2D eigenvalue weighted by Gasteiger charge is -2.36. The fraction of sp³-hybridized carbons (Fsp3) is 1.00. The Morgan fingerprint density at radius 2 is 1.85 bits per heavy atom. The number of hydrogen-bond acceptors (Lipinski definition) is 3. The molecule has 4 nitrogen and oxygen atoms in total. The minimum Gasteiger partial charge on any atom is -0.311 e. The van der Waals surface area contributed by atoms with E-state index in [9.17, 15) is 8.42 Å². The van der Waals surface area contributed by atoms with E-state index in [4.69, 9.17) is 0 Å². The van der Waals surface area contributed by atoms with Crippen molar-refractivity contribution >= 4 is 10.0 Å². The largest absolute Gasteiger partial charge is 0.311 e. The van der Waals surface area contributed by atoms with Gasteiger partial charge in [-0.1, -0.05) is 27.2 Å². The molecule has 0 aromatic carbocycles. The maximum atomic E-state index is 12.0. The van der Waals surface area contributed by atoms with Gasteiger partial charge in [-0.15, -0.1) is 0 Å². The van der Waals surface area contributed by atoms with Gasteiger partial charge in [0.2, 0.25) is 10.0 Å². The second-order valence-electron chi connectivity index (χ2n) is 7.09. The molecule has 2 aliphatic rings. The molecule has 1 atom stereocenters. The number of nitrogens with one attached hydrogen (secondary N) is 1. The number of nitrogens with zero attached hydrogens (tertiary/aromatic N) is 1. The van der Waals surface area contributed by atoms with Crippen LogP contribution in [-0.2, 0) is 10.0 Å². The highest BCUT2D eigenvalue weighted by molar-refractivity contribution is 7.89. The van der Waals surface area contributed by atoms with Crippen molar-refractivity contribution in [2.45, 2.75) is 71.4 Å². The van der Waals surface area contributed by atoms with Crippen LogP contribution in [0.15, 0.2) is 0 Å². The Bertz CT molecular complexity index is 412.